The van der Waals surface area contributed by atoms with Gasteiger partial charge < -0.3 is 15.2 Å². The molecule has 116 valence electrons. The number of carbonyl (C=O) groups is 1. The highest BCUT2D eigenvalue weighted by Crippen LogP contribution is 2.36. The fraction of sp³-hybridized carbons (Fsp3) is 0.588. The summed E-state index contributed by atoms with van der Waals surface area (Å²) in [6, 6.07) is 7.79. The van der Waals surface area contributed by atoms with Gasteiger partial charge in [0.05, 0.1) is 19.6 Å². The molecule has 0 unspecified atom stereocenters. The van der Waals surface area contributed by atoms with Crippen LogP contribution in [0.1, 0.15) is 37.7 Å². The topological polar surface area (TPSA) is 58.6 Å². The monoisotopic (exact) mass is 291 g/mol. The van der Waals surface area contributed by atoms with E-state index >= 15 is 0 Å². The molecule has 4 nitrogen and oxygen atoms in total. The predicted molar refractivity (Wildman–Crippen MR) is 82.3 cm³/mol. The smallest absolute Gasteiger partial charge is 0.223 e. The van der Waals surface area contributed by atoms with Crippen LogP contribution in [0.2, 0.25) is 0 Å². The average Bonchev–Trinajstić information content (AvgIpc) is 2.97. The van der Waals surface area contributed by atoms with Crippen molar-refractivity contribution >= 4 is 5.91 Å². The molecule has 0 radical (unpaired) electrons. The summed E-state index contributed by atoms with van der Waals surface area (Å²) >= 11 is 0. The Kier molecular flexibility index (Phi) is 5.62. The van der Waals surface area contributed by atoms with Gasteiger partial charge in [-0.25, -0.2) is 0 Å². The third-order valence-electron chi connectivity index (χ3n) is 4.28. The molecule has 1 aliphatic carbocycles. The molecule has 1 aromatic rings. The second-order valence-corrected chi connectivity index (χ2v) is 6.05. The SMILES string of the molecule is Cc1ccc(OCCC(=O)NCC2(CO)CCCC2)cc1. The summed E-state index contributed by atoms with van der Waals surface area (Å²) in [4.78, 5) is 11.8. The minimum absolute atomic E-state index is 0.0122. The van der Waals surface area contributed by atoms with Crippen LogP contribution in [0.25, 0.3) is 0 Å². The molecule has 1 saturated carbocycles. The highest BCUT2D eigenvalue weighted by atomic mass is 16.5. The van der Waals surface area contributed by atoms with Gasteiger partial charge in [0.25, 0.3) is 0 Å². The van der Waals surface area contributed by atoms with Crippen LogP contribution in [0.5, 0.6) is 5.75 Å². The molecule has 2 rings (SSSR count). The molecular weight excluding hydrogens is 266 g/mol. The molecule has 0 bridgehead atoms. The van der Waals surface area contributed by atoms with Crippen molar-refractivity contribution in [1.82, 2.24) is 5.32 Å². The quantitative estimate of drug-likeness (QED) is 0.811. The van der Waals surface area contributed by atoms with Crippen LogP contribution >= 0.6 is 0 Å². The molecule has 0 heterocycles. The third-order valence-corrected chi connectivity index (χ3v) is 4.28. The Labute approximate surface area is 126 Å². The zero-order valence-corrected chi connectivity index (χ0v) is 12.7. The number of benzene rings is 1. The molecule has 21 heavy (non-hydrogen) atoms. The summed E-state index contributed by atoms with van der Waals surface area (Å²) in [6.07, 6.45) is 4.64. The van der Waals surface area contributed by atoms with Crippen molar-refractivity contribution in [2.24, 2.45) is 5.41 Å². The maximum Gasteiger partial charge on any atom is 0.223 e. The second kappa shape index (κ2) is 7.46. The standard InChI is InChI=1S/C17H25NO3/c1-14-4-6-15(7-5-14)21-11-8-16(20)18-12-17(13-19)9-2-3-10-17/h4-7,19H,2-3,8-13H2,1H3,(H,18,20). The predicted octanol–water partition coefficient (Wildman–Crippen LogP) is 2.43. The molecule has 0 atom stereocenters. The number of aliphatic hydroxyl groups is 1. The summed E-state index contributed by atoms with van der Waals surface area (Å²) in [6.45, 7) is 3.14. The van der Waals surface area contributed by atoms with Crippen LogP contribution in [-0.4, -0.2) is 30.8 Å². The normalized spacial score (nSPS) is 16.7. The number of ether oxygens (including phenoxy) is 1. The van der Waals surface area contributed by atoms with E-state index in [9.17, 15) is 9.90 Å². The van der Waals surface area contributed by atoms with Gasteiger partial charge in [-0.1, -0.05) is 30.5 Å². The van der Waals surface area contributed by atoms with Gasteiger partial charge in [0.2, 0.25) is 5.91 Å². The first-order valence-electron chi connectivity index (χ1n) is 7.71. The van der Waals surface area contributed by atoms with Crippen LogP contribution in [-0.2, 0) is 4.79 Å². The number of amides is 1. The molecule has 2 N–H and O–H groups in total. The van der Waals surface area contributed by atoms with Crippen LogP contribution < -0.4 is 10.1 Å². The number of hydrogen-bond donors (Lipinski definition) is 2. The largest absolute Gasteiger partial charge is 0.493 e. The van der Waals surface area contributed by atoms with E-state index in [2.05, 4.69) is 5.32 Å². The zero-order chi connectivity index (χ0) is 15.1. The number of rotatable bonds is 7. The van der Waals surface area contributed by atoms with Crippen LogP contribution in [0.4, 0.5) is 0 Å². The average molecular weight is 291 g/mol. The van der Waals surface area contributed by atoms with Gasteiger partial charge in [0.15, 0.2) is 0 Å². The summed E-state index contributed by atoms with van der Waals surface area (Å²) in [5.41, 5.74) is 1.10. The number of hydrogen-bond acceptors (Lipinski definition) is 3. The van der Waals surface area contributed by atoms with Gasteiger partial charge in [-0.2, -0.15) is 0 Å². The Balaban J connectivity index is 1.66. The van der Waals surface area contributed by atoms with Crippen LogP contribution in [0, 0.1) is 12.3 Å². The van der Waals surface area contributed by atoms with E-state index in [1.165, 1.54) is 5.56 Å². The fourth-order valence-corrected chi connectivity index (χ4v) is 2.79. The lowest BCUT2D eigenvalue weighted by Gasteiger charge is -2.26. The lowest BCUT2D eigenvalue weighted by molar-refractivity contribution is -0.122. The molecule has 1 fully saturated rings. The van der Waals surface area contributed by atoms with E-state index in [0.717, 1.165) is 31.4 Å². The first-order chi connectivity index (χ1) is 10.1. The van der Waals surface area contributed by atoms with Crippen LogP contribution in [0.3, 0.4) is 0 Å². The fourth-order valence-electron chi connectivity index (χ4n) is 2.79. The molecule has 0 aliphatic heterocycles. The molecule has 1 aromatic carbocycles. The van der Waals surface area contributed by atoms with E-state index in [1.54, 1.807) is 0 Å². The second-order valence-electron chi connectivity index (χ2n) is 6.05. The van der Waals surface area contributed by atoms with Gasteiger partial charge in [-0.05, 0) is 31.9 Å². The van der Waals surface area contributed by atoms with Crippen molar-refractivity contribution in [3.8, 4) is 5.75 Å². The summed E-state index contributed by atoms with van der Waals surface area (Å²) in [5.74, 6) is 0.776. The van der Waals surface area contributed by atoms with Gasteiger partial charge in [-0.15, -0.1) is 0 Å². The minimum Gasteiger partial charge on any atom is -0.493 e. The maximum atomic E-state index is 11.8. The molecule has 1 amide bonds. The Morgan fingerprint density at radius 3 is 2.57 bits per heavy atom. The van der Waals surface area contributed by atoms with Gasteiger partial charge >= 0.3 is 0 Å². The summed E-state index contributed by atoms with van der Waals surface area (Å²) < 4.78 is 5.54. The Hall–Kier alpha value is -1.55. The lowest BCUT2D eigenvalue weighted by Crippen LogP contribution is -2.38. The number of aryl methyl sites for hydroxylation is 1. The van der Waals surface area contributed by atoms with Crippen molar-refractivity contribution in [1.29, 1.82) is 0 Å². The first kappa shape index (κ1) is 15.8. The molecule has 4 heteroatoms. The molecule has 0 saturated heterocycles. The molecular formula is C17H25NO3. The van der Waals surface area contributed by atoms with Gasteiger partial charge in [0, 0.05) is 12.0 Å². The van der Waals surface area contributed by atoms with Gasteiger partial charge in [0.1, 0.15) is 5.75 Å². The summed E-state index contributed by atoms with van der Waals surface area (Å²) in [5, 5.41) is 12.4. The van der Waals surface area contributed by atoms with Crippen molar-refractivity contribution in [2.75, 3.05) is 19.8 Å². The van der Waals surface area contributed by atoms with E-state index < -0.39 is 0 Å². The van der Waals surface area contributed by atoms with Crippen LogP contribution in [0.15, 0.2) is 24.3 Å². The lowest BCUT2D eigenvalue weighted by atomic mass is 9.87. The Bertz CT molecular complexity index is 450. The van der Waals surface area contributed by atoms with Gasteiger partial charge in [-0.3, -0.25) is 4.79 Å². The Morgan fingerprint density at radius 1 is 1.29 bits per heavy atom. The van der Waals surface area contributed by atoms with E-state index in [1.807, 2.05) is 31.2 Å². The number of nitrogens with one attached hydrogen (secondary N) is 1. The first-order valence-corrected chi connectivity index (χ1v) is 7.71. The molecule has 1 aliphatic rings. The number of aliphatic hydroxyl groups excluding tert-OH is 1. The van der Waals surface area contributed by atoms with Crippen molar-refractivity contribution < 1.29 is 14.6 Å². The zero-order valence-electron chi connectivity index (χ0n) is 12.7. The Morgan fingerprint density at radius 2 is 1.95 bits per heavy atom. The number of carbonyl (C=O) groups excluding carboxylic acids is 1. The van der Waals surface area contributed by atoms with Crippen molar-refractivity contribution in [3.05, 3.63) is 29.8 Å². The minimum atomic E-state index is -0.0898. The highest BCUT2D eigenvalue weighted by molar-refractivity contribution is 5.76. The third kappa shape index (κ3) is 4.74. The van der Waals surface area contributed by atoms with E-state index in [-0.39, 0.29) is 17.9 Å². The van der Waals surface area contributed by atoms with E-state index in [0.29, 0.717) is 19.6 Å². The molecule has 0 spiro atoms. The van der Waals surface area contributed by atoms with Crippen molar-refractivity contribution in [3.63, 3.8) is 0 Å². The highest BCUT2D eigenvalue weighted by Gasteiger charge is 2.33. The molecule has 0 aromatic heterocycles. The maximum absolute atomic E-state index is 11.8. The van der Waals surface area contributed by atoms with Crippen molar-refractivity contribution in [2.45, 2.75) is 39.0 Å². The summed E-state index contributed by atoms with van der Waals surface area (Å²) in [7, 11) is 0. The van der Waals surface area contributed by atoms with E-state index in [4.69, 9.17) is 4.74 Å².